The summed E-state index contributed by atoms with van der Waals surface area (Å²) in [5.74, 6) is -0.594. The second-order valence-electron chi connectivity index (χ2n) is 6.87. The monoisotopic (exact) mass is 391 g/mol. The molecule has 2 N–H and O–H groups in total. The molecule has 0 saturated heterocycles. The van der Waals surface area contributed by atoms with Crippen molar-refractivity contribution < 1.29 is 17.6 Å². The van der Waals surface area contributed by atoms with E-state index >= 15 is 0 Å². The zero-order valence-electron chi connectivity index (χ0n) is 15.0. The van der Waals surface area contributed by atoms with E-state index in [1.807, 2.05) is 0 Å². The van der Waals surface area contributed by atoms with Crippen LogP contribution in [0, 0.1) is 5.82 Å². The molecule has 6 nitrogen and oxygen atoms in total. The molecular formula is C19H22FN3O3S. The Balaban J connectivity index is 1.62. The Kier molecular flexibility index (Phi) is 5.86. The van der Waals surface area contributed by atoms with Crippen LogP contribution >= 0.6 is 0 Å². The lowest BCUT2D eigenvalue weighted by Crippen LogP contribution is -2.45. The maximum atomic E-state index is 13.3. The molecule has 144 valence electrons. The minimum absolute atomic E-state index is 0.0894. The topological polar surface area (TPSA) is 88.2 Å². The molecule has 1 heterocycles. The second-order valence-corrected chi connectivity index (χ2v) is 8.65. The Hall–Kier alpha value is -2.32. The Bertz CT molecular complexity index is 916. The summed E-state index contributed by atoms with van der Waals surface area (Å²) in [5, 5.41) is 2.95. The highest BCUT2D eigenvalue weighted by atomic mass is 32.2. The van der Waals surface area contributed by atoms with E-state index in [-0.39, 0.29) is 23.8 Å². The highest BCUT2D eigenvalue weighted by molar-refractivity contribution is 7.88. The lowest BCUT2D eigenvalue weighted by atomic mass is 9.91. The number of benzene rings is 1. The van der Waals surface area contributed by atoms with Crippen LogP contribution in [0.1, 0.15) is 36.0 Å². The molecule has 27 heavy (non-hydrogen) atoms. The van der Waals surface area contributed by atoms with Crippen molar-refractivity contribution in [1.29, 1.82) is 0 Å². The summed E-state index contributed by atoms with van der Waals surface area (Å²) in [4.78, 5) is 16.7. The van der Waals surface area contributed by atoms with Gasteiger partial charge in [-0.25, -0.2) is 17.5 Å². The molecule has 1 aromatic carbocycles. The van der Waals surface area contributed by atoms with Crippen LogP contribution in [0.3, 0.4) is 0 Å². The molecule has 2 atom stereocenters. The van der Waals surface area contributed by atoms with Crippen molar-refractivity contribution in [2.75, 3.05) is 6.26 Å². The molecule has 0 spiro atoms. The molecule has 0 radical (unpaired) electrons. The third-order valence-corrected chi connectivity index (χ3v) is 5.30. The summed E-state index contributed by atoms with van der Waals surface area (Å²) in [6.07, 6.45) is 5.58. The van der Waals surface area contributed by atoms with E-state index in [1.54, 1.807) is 24.3 Å². The fourth-order valence-corrected chi connectivity index (χ4v) is 4.17. The van der Waals surface area contributed by atoms with Crippen molar-refractivity contribution in [3.63, 3.8) is 0 Å². The number of nitrogens with one attached hydrogen (secondary N) is 2. The molecular weight excluding hydrogens is 369 g/mol. The highest BCUT2D eigenvalue weighted by Gasteiger charge is 2.25. The Morgan fingerprint density at radius 2 is 1.96 bits per heavy atom. The maximum Gasteiger partial charge on any atom is 0.253 e. The Labute approximate surface area is 158 Å². The number of carbonyl (C=O) groups is 1. The molecule has 1 aliphatic carbocycles. The minimum atomic E-state index is -3.26. The van der Waals surface area contributed by atoms with E-state index in [2.05, 4.69) is 15.0 Å². The smallest absolute Gasteiger partial charge is 0.253 e. The number of hydrogen-bond acceptors (Lipinski definition) is 4. The van der Waals surface area contributed by atoms with Crippen LogP contribution in [-0.2, 0) is 10.0 Å². The predicted molar refractivity (Wildman–Crippen MR) is 101 cm³/mol. The normalized spacial score (nSPS) is 20.2. The molecule has 1 aromatic heterocycles. The third kappa shape index (κ3) is 5.58. The van der Waals surface area contributed by atoms with Crippen molar-refractivity contribution in [3.8, 4) is 11.3 Å². The summed E-state index contributed by atoms with van der Waals surface area (Å²) in [7, 11) is -3.26. The lowest BCUT2D eigenvalue weighted by Gasteiger charge is -2.29. The van der Waals surface area contributed by atoms with E-state index in [4.69, 9.17) is 0 Å². The molecule has 2 aromatic rings. The van der Waals surface area contributed by atoms with Crippen LogP contribution in [0.2, 0.25) is 0 Å². The number of rotatable bonds is 5. The Morgan fingerprint density at radius 1 is 1.19 bits per heavy atom. The molecule has 0 aliphatic heterocycles. The van der Waals surface area contributed by atoms with Crippen molar-refractivity contribution in [1.82, 2.24) is 15.0 Å². The molecule has 1 aliphatic rings. The summed E-state index contributed by atoms with van der Waals surface area (Å²) in [5.41, 5.74) is 1.64. The first-order valence-electron chi connectivity index (χ1n) is 8.80. The average Bonchev–Trinajstić information content (AvgIpc) is 2.61. The SMILES string of the molecule is CS(=O)(=O)N[C@H]1CCC[C@@H](NC(=O)c2ccc(-c3cccc(F)c3)nc2)C1. The van der Waals surface area contributed by atoms with Crippen LogP contribution in [0.15, 0.2) is 42.6 Å². The van der Waals surface area contributed by atoms with Crippen LogP contribution in [0.4, 0.5) is 4.39 Å². The fraction of sp³-hybridized carbons (Fsp3) is 0.368. The molecule has 1 amide bonds. The number of carbonyl (C=O) groups excluding carboxylic acids is 1. The second kappa shape index (κ2) is 8.14. The lowest BCUT2D eigenvalue weighted by molar-refractivity contribution is 0.0924. The summed E-state index contributed by atoms with van der Waals surface area (Å²) in [6, 6.07) is 9.19. The van der Waals surface area contributed by atoms with E-state index in [0.29, 0.717) is 23.2 Å². The van der Waals surface area contributed by atoms with Gasteiger partial charge in [0.25, 0.3) is 5.91 Å². The van der Waals surface area contributed by atoms with Crippen LogP contribution < -0.4 is 10.0 Å². The van der Waals surface area contributed by atoms with Crippen molar-refractivity contribution in [2.45, 2.75) is 37.8 Å². The van der Waals surface area contributed by atoms with E-state index in [0.717, 1.165) is 25.5 Å². The zero-order valence-corrected chi connectivity index (χ0v) is 15.8. The van der Waals surface area contributed by atoms with Gasteiger partial charge in [-0.15, -0.1) is 0 Å². The van der Waals surface area contributed by atoms with Crippen molar-refractivity contribution in [2.24, 2.45) is 0 Å². The van der Waals surface area contributed by atoms with Gasteiger partial charge >= 0.3 is 0 Å². The summed E-state index contributed by atoms with van der Waals surface area (Å²) >= 11 is 0. The van der Waals surface area contributed by atoms with Crippen LogP contribution in [-0.4, -0.2) is 37.6 Å². The first kappa shape index (κ1) is 19.4. The van der Waals surface area contributed by atoms with Gasteiger partial charge in [-0.3, -0.25) is 9.78 Å². The summed E-state index contributed by atoms with van der Waals surface area (Å²) in [6.45, 7) is 0. The first-order chi connectivity index (χ1) is 12.8. The maximum absolute atomic E-state index is 13.3. The Morgan fingerprint density at radius 3 is 2.63 bits per heavy atom. The quantitative estimate of drug-likeness (QED) is 0.820. The zero-order chi connectivity index (χ0) is 19.4. The summed E-state index contributed by atoms with van der Waals surface area (Å²) < 4.78 is 38.7. The van der Waals surface area contributed by atoms with Crippen molar-refractivity contribution >= 4 is 15.9 Å². The van der Waals surface area contributed by atoms with E-state index in [9.17, 15) is 17.6 Å². The molecule has 1 fully saturated rings. The van der Waals surface area contributed by atoms with Gasteiger partial charge in [0.2, 0.25) is 10.0 Å². The number of halogens is 1. The minimum Gasteiger partial charge on any atom is -0.349 e. The average molecular weight is 391 g/mol. The predicted octanol–water partition coefficient (Wildman–Crippen LogP) is 2.48. The number of sulfonamides is 1. The highest BCUT2D eigenvalue weighted by Crippen LogP contribution is 2.21. The van der Waals surface area contributed by atoms with Gasteiger partial charge in [-0.2, -0.15) is 0 Å². The number of amides is 1. The molecule has 0 bridgehead atoms. The third-order valence-electron chi connectivity index (χ3n) is 4.54. The number of pyridine rings is 1. The first-order valence-corrected chi connectivity index (χ1v) is 10.7. The molecule has 0 unspecified atom stereocenters. The van der Waals surface area contributed by atoms with E-state index < -0.39 is 10.0 Å². The largest absolute Gasteiger partial charge is 0.349 e. The van der Waals surface area contributed by atoms with Gasteiger partial charge in [0.15, 0.2) is 0 Å². The van der Waals surface area contributed by atoms with Crippen LogP contribution in [0.5, 0.6) is 0 Å². The van der Waals surface area contributed by atoms with Gasteiger partial charge < -0.3 is 5.32 Å². The van der Waals surface area contributed by atoms with Gasteiger partial charge in [-0.1, -0.05) is 12.1 Å². The fourth-order valence-electron chi connectivity index (χ4n) is 3.35. The van der Waals surface area contributed by atoms with Gasteiger partial charge in [0, 0.05) is 23.8 Å². The van der Waals surface area contributed by atoms with Gasteiger partial charge in [-0.05, 0) is 49.9 Å². The van der Waals surface area contributed by atoms with Crippen LogP contribution in [0.25, 0.3) is 11.3 Å². The van der Waals surface area contributed by atoms with E-state index in [1.165, 1.54) is 18.3 Å². The molecule has 1 saturated carbocycles. The number of aromatic nitrogens is 1. The van der Waals surface area contributed by atoms with Gasteiger partial charge in [0.05, 0.1) is 17.5 Å². The molecule has 8 heteroatoms. The number of hydrogen-bond donors (Lipinski definition) is 2. The van der Waals surface area contributed by atoms with Crippen molar-refractivity contribution in [3.05, 3.63) is 54.0 Å². The van der Waals surface area contributed by atoms with Gasteiger partial charge in [0.1, 0.15) is 5.82 Å². The molecule has 3 rings (SSSR count). The standard InChI is InChI=1S/C19H22FN3O3S/c1-27(25,26)23-17-7-3-6-16(11-17)22-19(24)14-8-9-18(21-12-14)13-4-2-5-15(20)10-13/h2,4-5,8-10,12,16-17,23H,3,6-7,11H2,1H3,(H,22,24)/t16-,17+/m1/s1. The number of nitrogens with zero attached hydrogens (tertiary/aromatic N) is 1.